The lowest BCUT2D eigenvalue weighted by Crippen LogP contribution is -2.18. The Balaban J connectivity index is 3.04. The van der Waals surface area contributed by atoms with E-state index in [0.717, 1.165) is 17.9 Å². The second-order valence-electron chi connectivity index (χ2n) is 4.78. The Morgan fingerprint density at radius 1 is 1.33 bits per heavy atom. The minimum atomic E-state index is 0.367. The highest BCUT2D eigenvalue weighted by atomic mass is 32.2. The van der Waals surface area contributed by atoms with E-state index < -0.39 is 0 Å². The van der Waals surface area contributed by atoms with E-state index >= 15 is 0 Å². The molecule has 0 saturated carbocycles. The first-order valence-electron chi connectivity index (χ1n) is 6.48. The smallest absolute Gasteiger partial charge is 0.123 e. The number of methoxy groups -OCH3 is 1. The van der Waals surface area contributed by atoms with Gasteiger partial charge < -0.3 is 10.1 Å². The Labute approximate surface area is 116 Å². The fourth-order valence-corrected chi connectivity index (χ4v) is 2.55. The molecule has 18 heavy (non-hydrogen) atoms. The zero-order valence-corrected chi connectivity index (χ0v) is 12.9. The summed E-state index contributed by atoms with van der Waals surface area (Å²) in [6, 6.07) is 6.90. The van der Waals surface area contributed by atoms with Gasteiger partial charge in [0.05, 0.1) is 7.11 Å². The molecule has 1 N–H and O–H groups in total. The summed E-state index contributed by atoms with van der Waals surface area (Å²) in [6.45, 7) is 4.45. The highest BCUT2D eigenvalue weighted by molar-refractivity contribution is 7.98. The highest BCUT2D eigenvalue weighted by Crippen LogP contribution is 2.31. The van der Waals surface area contributed by atoms with Crippen LogP contribution >= 0.6 is 11.8 Å². The van der Waals surface area contributed by atoms with Crippen molar-refractivity contribution >= 4 is 11.8 Å². The first-order valence-corrected chi connectivity index (χ1v) is 7.87. The van der Waals surface area contributed by atoms with Crippen LogP contribution in [-0.4, -0.2) is 26.2 Å². The van der Waals surface area contributed by atoms with E-state index in [1.165, 1.54) is 11.1 Å². The van der Waals surface area contributed by atoms with E-state index in [2.05, 4.69) is 43.6 Å². The second kappa shape index (κ2) is 7.70. The Bertz CT molecular complexity index is 366. The molecule has 3 heteroatoms. The quantitative estimate of drug-likeness (QED) is 0.811. The molecule has 0 bridgehead atoms. The molecule has 0 aromatic heterocycles. The fraction of sp³-hybridized carbons (Fsp3) is 0.600. The van der Waals surface area contributed by atoms with Gasteiger partial charge in [0.25, 0.3) is 0 Å². The van der Waals surface area contributed by atoms with Crippen molar-refractivity contribution in [2.24, 2.45) is 0 Å². The predicted octanol–water partition coefficient (Wildman–Crippen LogP) is 3.83. The summed E-state index contributed by atoms with van der Waals surface area (Å²) in [5, 5.41) is 3.40. The third-order valence-electron chi connectivity index (χ3n) is 3.25. The van der Waals surface area contributed by atoms with Crippen LogP contribution in [0.25, 0.3) is 0 Å². The summed E-state index contributed by atoms with van der Waals surface area (Å²) in [5.74, 6) is 2.69. The van der Waals surface area contributed by atoms with Crippen LogP contribution in [-0.2, 0) is 0 Å². The van der Waals surface area contributed by atoms with Crippen LogP contribution in [0.4, 0.5) is 0 Å². The summed E-state index contributed by atoms with van der Waals surface area (Å²) in [5.41, 5.74) is 2.65. The van der Waals surface area contributed by atoms with Gasteiger partial charge in [0.15, 0.2) is 0 Å². The van der Waals surface area contributed by atoms with Gasteiger partial charge in [-0.1, -0.05) is 26.0 Å². The third-order valence-corrected chi connectivity index (χ3v) is 3.90. The maximum atomic E-state index is 5.50. The normalized spacial score (nSPS) is 12.8. The lowest BCUT2D eigenvalue weighted by atomic mass is 9.96. The van der Waals surface area contributed by atoms with Crippen LogP contribution in [0.1, 0.15) is 43.4 Å². The molecule has 1 atom stereocenters. The molecular formula is C15H25NOS. The van der Waals surface area contributed by atoms with E-state index in [1.807, 2.05) is 18.8 Å². The molecule has 0 aliphatic heterocycles. The van der Waals surface area contributed by atoms with Gasteiger partial charge in [0, 0.05) is 11.6 Å². The third kappa shape index (κ3) is 3.92. The molecule has 0 heterocycles. The number of rotatable bonds is 7. The van der Waals surface area contributed by atoms with E-state index in [4.69, 9.17) is 4.74 Å². The Morgan fingerprint density at radius 2 is 2.06 bits per heavy atom. The lowest BCUT2D eigenvalue weighted by molar-refractivity contribution is 0.400. The summed E-state index contributed by atoms with van der Waals surface area (Å²) in [7, 11) is 3.77. The molecule has 1 aromatic carbocycles. The summed E-state index contributed by atoms with van der Waals surface area (Å²) < 4.78 is 5.50. The van der Waals surface area contributed by atoms with Gasteiger partial charge in [0.2, 0.25) is 0 Å². The zero-order valence-electron chi connectivity index (χ0n) is 12.1. The fourth-order valence-electron chi connectivity index (χ4n) is 2.08. The monoisotopic (exact) mass is 267 g/mol. The average Bonchev–Trinajstić information content (AvgIpc) is 2.39. The van der Waals surface area contributed by atoms with Crippen molar-refractivity contribution in [1.82, 2.24) is 5.32 Å². The zero-order chi connectivity index (χ0) is 13.5. The number of hydrogen-bond acceptors (Lipinski definition) is 3. The average molecular weight is 267 g/mol. The minimum Gasteiger partial charge on any atom is -0.496 e. The molecule has 0 spiro atoms. The topological polar surface area (TPSA) is 21.3 Å². The Morgan fingerprint density at radius 3 is 2.56 bits per heavy atom. The van der Waals surface area contributed by atoms with E-state index in [1.54, 1.807) is 7.11 Å². The van der Waals surface area contributed by atoms with Crippen LogP contribution in [0, 0.1) is 0 Å². The molecule has 2 nitrogen and oxygen atoms in total. The molecule has 1 aromatic rings. The van der Waals surface area contributed by atoms with Crippen molar-refractivity contribution in [3.63, 3.8) is 0 Å². The first-order chi connectivity index (χ1) is 8.63. The van der Waals surface area contributed by atoms with E-state index in [9.17, 15) is 0 Å². The van der Waals surface area contributed by atoms with Crippen molar-refractivity contribution in [3.8, 4) is 5.75 Å². The molecule has 0 fully saturated rings. The van der Waals surface area contributed by atoms with Gasteiger partial charge >= 0.3 is 0 Å². The highest BCUT2D eigenvalue weighted by Gasteiger charge is 2.15. The van der Waals surface area contributed by atoms with Gasteiger partial charge in [-0.15, -0.1) is 0 Å². The standard InChI is InChI=1S/C15H25NOS/c1-11(2)12-6-7-15(17-4)13(10-12)14(16-3)8-9-18-5/h6-7,10-11,14,16H,8-9H2,1-5H3. The lowest BCUT2D eigenvalue weighted by Gasteiger charge is -2.21. The van der Waals surface area contributed by atoms with Crippen LogP contribution in [0.2, 0.25) is 0 Å². The van der Waals surface area contributed by atoms with Gasteiger partial charge in [-0.2, -0.15) is 11.8 Å². The number of benzene rings is 1. The minimum absolute atomic E-state index is 0.367. The molecule has 0 aliphatic rings. The van der Waals surface area contributed by atoms with Gasteiger partial charge in [-0.25, -0.2) is 0 Å². The molecule has 102 valence electrons. The maximum absolute atomic E-state index is 5.50. The summed E-state index contributed by atoms with van der Waals surface area (Å²) in [6.07, 6.45) is 3.27. The summed E-state index contributed by atoms with van der Waals surface area (Å²) >= 11 is 1.88. The van der Waals surface area contributed by atoms with Crippen molar-refractivity contribution < 1.29 is 4.74 Å². The van der Waals surface area contributed by atoms with Crippen molar-refractivity contribution in [1.29, 1.82) is 0 Å². The van der Waals surface area contributed by atoms with Crippen molar-refractivity contribution in [2.75, 3.05) is 26.2 Å². The molecule has 0 radical (unpaired) electrons. The molecule has 1 rings (SSSR count). The number of hydrogen-bond donors (Lipinski definition) is 1. The van der Waals surface area contributed by atoms with Crippen LogP contribution in [0.5, 0.6) is 5.75 Å². The predicted molar refractivity (Wildman–Crippen MR) is 81.9 cm³/mol. The van der Waals surface area contributed by atoms with Crippen LogP contribution in [0.3, 0.4) is 0 Å². The van der Waals surface area contributed by atoms with Gasteiger partial charge in [-0.3, -0.25) is 0 Å². The molecule has 0 aliphatic carbocycles. The molecule has 0 amide bonds. The number of nitrogens with one attached hydrogen (secondary N) is 1. The first kappa shape index (κ1) is 15.4. The Hall–Kier alpha value is -0.670. The number of thioether (sulfide) groups is 1. The van der Waals surface area contributed by atoms with Gasteiger partial charge in [0.1, 0.15) is 5.75 Å². The molecule has 1 unspecified atom stereocenters. The SMILES string of the molecule is CNC(CCSC)c1cc(C(C)C)ccc1OC. The van der Waals surface area contributed by atoms with E-state index in [-0.39, 0.29) is 0 Å². The largest absolute Gasteiger partial charge is 0.496 e. The summed E-state index contributed by atoms with van der Waals surface area (Å²) in [4.78, 5) is 0. The van der Waals surface area contributed by atoms with Crippen LogP contribution < -0.4 is 10.1 Å². The Kier molecular flexibility index (Phi) is 6.58. The molecule has 0 saturated heterocycles. The van der Waals surface area contributed by atoms with Crippen molar-refractivity contribution in [3.05, 3.63) is 29.3 Å². The second-order valence-corrected chi connectivity index (χ2v) is 5.76. The molecular weight excluding hydrogens is 242 g/mol. The van der Waals surface area contributed by atoms with Crippen LogP contribution in [0.15, 0.2) is 18.2 Å². The van der Waals surface area contributed by atoms with Gasteiger partial charge in [-0.05, 0) is 43.0 Å². The van der Waals surface area contributed by atoms with Crippen molar-refractivity contribution in [2.45, 2.75) is 32.2 Å². The number of ether oxygens (including phenoxy) is 1. The maximum Gasteiger partial charge on any atom is 0.123 e. The van der Waals surface area contributed by atoms with E-state index in [0.29, 0.717) is 12.0 Å².